The number of halogens is 2. The second kappa shape index (κ2) is 5.51. The van der Waals surface area contributed by atoms with E-state index < -0.39 is 15.1 Å². The van der Waals surface area contributed by atoms with E-state index in [1.54, 1.807) is 32.2 Å². The maximum Gasteiger partial charge on any atom is 0.155 e. The van der Waals surface area contributed by atoms with Crippen molar-refractivity contribution < 1.29 is 8.42 Å². The summed E-state index contributed by atoms with van der Waals surface area (Å²) in [4.78, 5) is 0. The third-order valence-electron chi connectivity index (χ3n) is 3.36. The molecule has 0 aliphatic carbocycles. The third-order valence-corrected chi connectivity index (χ3v) is 5.50. The number of benzene rings is 1. The van der Waals surface area contributed by atoms with Gasteiger partial charge in [-0.15, -0.1) is 0 Å². The minimum atomic E-state index is -3.33. The van der Waals surface area contributed by atoms with Gasteiger partial charge in [0.1, 0.15) is 11.1 Å². The van der Waals surface area contributed by atoms with E-state index in [1.165, 1.54) is 4.68 Å². The van der Waals surface area contributed by atoms with Crippen molar-refractivity contribution in [3.63, 3.8) is 0 Å². The Labute approximate surface area is 133 Å². The number of hydrogen-bond acceptors (Lipinski definition) is 4. The first-order valence-electron chi connectivity index (χ1n) is 6.10. The van der Waals surface area contributed by atoms with Gasteiger partial charge in [-0.1, -0.05) is 29.3 Å². The summed E-state index contributed by atoms with van der Waals surface area (Å²) in [6.07, 6.45) is 1.15. The fourth-order valence-electron chi connectivity index (χ4n) is 2.04. The monoisotopic (exact) mass is 347 g/mol. The molecule has 0 spiro atoms. The number of aryl methyl sites for hydroxylation is 1. The summed E-state index contributed by atoms with van der Waals surface area (Å²) < 4.78 is 25.1. The molecule has 8 heteroatoms. The Morgan fingerprint density at radius 2 is 1.76 bits per heavy atom. The van der Waals surface area contributed by atoms with Crippen LogP contribution in [0.2, 0.25) is 10.0 Å². The Hall–Kier alpha value is -1.24. The van der Waals surface area contributed by atoms with Gasteiger partial charge in [-0.25, -0.2) is 8.42 Å². The number of sulfone groups is 1. The lowest BCUT2D eigenvalue weighted by atomic mass is 10.0. The normalized spacial score (nSPS) is 13.4. The van der Waals surface area contributed by atoms with Gasteiger partial charge in [0.25, 0.3) is 0 Å². The first-order valence-corrected chi connectivity index (χ1v) is 8.81. The molecule has 114 valence electrons. The summed E-state index contributed by atoms with van der Waals surface area (Å²) in [5, 5.41) is 4.20. The molecule has 5 nitrogen and oxygen atoms in total. The standard InChI is InChI=1S/C13H15Cl2N3O2S/c1-7(21(3,19)20)12-11(13(16)18(2)17-12)10-8(14)5-4-6-9(10)15/h4-7H,16H2,1-3H3. The first-order chi connectivity index (χ1) is 9.64. The molecule has 1 atom stereocenters. The zero-order valence-corrected chi connectivity index (χ0v) is 14.1. The number of aromatic nitrogens is 2. The molecule has 21 heavy (non-hydrogen) atoms. The quantitative estimate of drug-likeness (QED) is 0.925. The van der Waals surface area contributed by atoms with Crippen LogP contribution in [0.4, 0.5) is 5.82 Å². The van der Waals surface area contributed by atoms with Crippen LogP contribution in [-0.4, -0.2) is 24.5 Å². The van der Waals surface area contributed by atoms with E-state index in [1.807, 2.05) is 0 Å². The van der Waals surface area contributed by atoms with Crippen molar-refractivity contribution in [2.45, 2.75) is 12.2 Å². The lowest BCUT2D eigenvalue weighted by Crippen LogP contribution is -2.09. The molecule has 0 bridgehead atoms. The van der Waals surface area contributed by atoms with Crippen LogP contribution >= 0.6 is 23.2 Å². The second-order valence-corrected chi connectivity index (χ2v) is 8.02. The van der Waals surface area contributed by atoms with Crippen LogP contribution in [0.1, 0.15) is 17.9 Å². The van der Waals surface area contributed by atoms with Gasteiger partial charge in [-0.05, 0) is 19.1 Å². The van der Waals surface area contributed by atoms with Gasteiger partial charge in [0, 0.05) is 18.9 Å². The van der Waals surface area contributed by atoms with Crippen molar-refractivity contribution in [2.75, 3.05) is 12.0 Å². The Bertz CT molecular complexity index is 780. The van der Waals surface area contributed by atoms with Crippen LogP contribution in [0.5, 0.6) is 0 Å². The highest BCUT2D eigenvalue weighted by Gasteiger charge is 2.28. The van der Waals surface area contributed by atoms with Crippen molar-refractivity contribution >= 4 is 38.9 Å². The summed E-state index contributed by atoms with van der Waals surface area (Å²) in [6, 6.07) is 5.05. The van der Waals surface area contributed by atoms with E-state index in [0.29, 0.717) is 32.7 Å². The van der Waals surface area contributed by atoms with Gasteiger partial charge in [-0.2, -0.15) is 5.10 Å². The van der Waals surface area contributed by atoms with Crippen molar-refractivity contribution in [1.29, 1.82) is 0 Å². The van der Waals surface area contributed by atoms with E-state index in [0.717, 1.165) is 6.26 Å². The van der Waals surface area contributed by atoms with Gasteiger partial charge < -0.3 is 5.73 Å². The van der Waals surface area contributed by atoms with Crippen LogP contribution in [0, 0.1) is 0 Å². The maximum atomic E-state index is 11.8. The Kier molecular flexibility index (Phi) is 4.24. The Balaban J connectivity index is 2.81. The lowest BCUT2D eigenvalue weighted by Gasteiger charge is -2.12. The summed E-state index contributed by atoms with van der Waals surface area (Å²) in [6.45, 7) is 1.56. The largest absolute Gasteiger partial charge is 0.383 e. The predicted molar refractivity (Wildman–Crippen MR) is 86.3 cm³/mol. The second-order valence-electron chi connectivity index (χ2n) is 4.84. The van der Waals surface area contributed by atoms with Gasteiger partial charge in [0.2, 0.25) is 0 Å². The van der Waals surface area contributed by atoms with Gasteiger partial charge in [0.15, 0.2) is 9.84 Å². The molecule has 2 rings (SSSR count). The fraction of sp³-hybridized carbons (Fsp3) is 0.308. The molecule has 1 unspecified atom stereocenters. The van der Waals surface area contributed by atoms with Crippen LogP contribution in [0.25, 0.3) is 11.1 Å². The average Bonchev–Trinajstić information content (AvgIpc) is 2.65. The summed E-state index contributed by atoms with van der Waals surface area (Å²) in [7, 11) is -1.69. The highest BCUT2D eigenvalue weighted by atomic mass is 35.5. The number of anilines is 1. The van der Waals surface area contributed by atoms with Crippen molar-refractivity contribution in [3.8, 4) is 11.1 Å². The van der Waals surface area contributed by atoms with Crippen LogP contribution < -0.4 is 5.73 Å². The molecular weight excluding hydrogens is 333 g/mol. The number of nitrogen functional groups attached to an aromatic ring is 1. The zero-order valence-electron chi connectivity index (χ0n) is 11.8. The highest BCUT2D eigenvalue weighted by Crippen LogP contribution is 2.42. The molecule has 0 amide bonds. The Morgan fingerprint density at radius 1 is 1.24 bits per heavy atom. The van der Waals surface area contributed by atoms with Crippen LogP contribution in [0.15, 0.2) is 18.2 Å². The molecule has 0 radical (unpaired) electrons. The fourth-order valence-corrected chi connectivity index (χ4v) is 3.20. The molecule has 0 saturated heterocycles. The number of nitrogens with two attached hydrogens (primary N) is 1. The van der Waals surface area contributed by atoms with Crippen molar-refractivity contribution in [3.05, 3.63) is 33.9 Å². The molecule has 0 aliphatic heterocycles. The minimum Gasteiger partial charge on any atom is -0.383 e. The highest BCUT2D eigenvalue weighted by molar-refractivity contribution is 7.90. The molecular formula is C13H15Cl2N3O2S. The topological polar surface area (TPSA) is 78.0 Å². The smallest absolute Gasteiger partial charge is 0.155 e. The molecule has 2 aromatic rings. The lowest BCUT2D eigenvalue weighted by molar-refractivity contribution is 0.589. The van der Waals surface area contributed by atoms with Crippen molar-refractivity contribution in [2.24, 2.45) is 7.05 Å². The average molecular weight is 348 g/mol. The van der Waals surface area contributed by atoms with E-state index in [-0.39, 0.29) is 0 Å². The summed E-state index contributed by atoms with van der Waals surface area (Å²) in [5.74, 6) is 0.315. The molecule has 1 aromatic carbocycles. The number of rotatable bonds is 3. The van der Waals surface area contributed by atoms with Gasteiger partial charge in [0.05, 0.1) is 21.3 Å². The first kappa shape index (κ1) is 16.1. The molecule has 1 heterocycles. The predicted octanol–water partition coefficient (Wildman–Crippen LogP) is 3.08. The van der Waals surface area contributed by atoms with Gasteiger partial charge in [-0.3, -0.25) is 4.68 Å². The summed E-state index contributed by atoms with van der Waals surface area (Å²) in [5.41, 5.74) is 7.34. The van der Waals surface area contributed by atoms with E-state index in [9.17, 15) is 8.42 Å². The third kappa shape index (κ3) is 2.88. The minimum absolute atomic E-state index is 0.315. The van der Waals surface area contributed by atoms with Crippen LogP contribution in [-0.2, 0) is 16.9 Å². The van der Waals surface area contributed by atoms with E-state index >= 15 is 0 Å². The van der Waals surface area contributed by atoms with E-state index in [2.05, 4.69) is 5.10 Å². The van der Waals surface area contributed by atoms with Crippen molar-refractivity contribution in [1.82, 2.24) is 9.78 Å². The summed E-state index contributed by atoms with van der Waals surface area (Å²) >= 11 is 12.4. The Morgan fingerprint density at radius 3 is 2.24 bits per heavy atom. The molecule has 2 N–H and O–H groups in total. The SMILES string of the molecule is CC(c1nn(C)c(N)c1-c1c(Cl)cccc1Cl)S(C)(=O)=O. The number of nitrogens with zero attached hydrogens (tertiary/aromatic N) is 2. The molecule has 1 aromatic heterocycles. The maximum absolute atomic E-state index is 11.8. The van der Waals surface area contributed by atoms with Gasteiger partial charge >= 0.3 is 0 Å². The number of hydrogen-bond donors (Lipinski definition) is 1. The zero-order chi connectivity index (χ0) is 15.9. The van der Waals surface area contributed by atoms with E-state index in [4.69, 9.17) is 28.9 Å². The molecule has 0 saturated carbocycles. The molecule has 0 aliphatic rings. The van der Waals surface area contributed by atoms with Crippen LogP contribution in [0.3, 0.4) is 0 Å². The molecule has 0 fully saturated rings.